The number of benzene rings is 1. The fraction of sp³-hybridized carbons (Fsp3) is 0.560. The number of likely N-dealkylation sites (tertiary alicyclic amines) is 1. The van der Waals surface area contributed by atoms with Crippen molar-refractivity contribution in [3.05, 3.63) is 30.5 Å². The minimum Gasteiger partial charge on any atom is -0.351 e. The summed E-state index contributed by atoms with van der Waals surface area (Å²) in [6.07, 6.45) is 9.83. The third-order valence-corrected chi connectivity index (χ3v) is 7.75. The van der Waals surface area contributed by atoms with E-state index < -0.39 is 6.03 Å². The van der Waals surface area contributed by atoms with Crippen molar-refractivity contribution >= 4 is 34.4 Å². The summed E-state index contributed by atoms with van der Waals surface area (Å²) in [6.45, 7) is 2.31. The first-order valence-electron chi connectivity index (χ1n) is 11.9. The lowest BCUT2D eigenvalue weighted by Crippen LogP contribution is -2.45. The number of Topliss-reactive ketones (excluding diaryl/α,β-unsaturated/α-hetero) is 1. The average Bonchev–Trinajstić information content (AvgIpc) is 3.28. The molecule has 1 aromatic heterocycles. The number of rotatable bonds is 5. The van der Waals surface area contributed by atoms with E-state index in [4.69, 9.17) is 5.73 Å². The summed E-state index contributed by atoms with van der Waals surface area (Å²) in [5.41, 5.74) is 6.68. The molecule has 0 bridgehead atoms. The number of nitrogens with two attached hydrogens (primary N) is 1. The standard InChI is InChI=1S/C25H32N4O3/c1-15-5-4-6-16(11-15)9-10-23(30)22-13-17-12-21(17)29(22)25(32)27-19-14-28(24(26)31)20-8-3-2-7-18(19)20/h2-3,7-8,14-17,21-22H,4-6,9-13H2,1H3,(H2,26,31)(H,27,32)/t15?,16?,17-,21-,22+/m1/s1. The van der Waals surface area contributed by atoms with Crippen LogP contribution in [0.25, 0.3) is 10.9 Å². The van der Waals surface area contributed by atoms with Crippen molar-refractivity contribution in [2.45, 2.75) is 70.4 Å². The van der Waals surface area contributed by atoms with Gasteiger partial charge < -0.3 is 16.0 Å². The van der Waals surface area contributed by atoms with Gasteiger partial charge in [0.25, 0.3) is 0 Å². The van der Waals surface area contributed by atoms with Crippen molar-refractivity contribution in [3.8, 4) is 0 Å². The molecule has 2 unspecified atom stereocenters. The highest BCUT2D eigenvalue weighted by Crippen LogP contribution is 2.48. The summed E-state index contributed by atoms with van der Waals surface area (Å²) in [5.74, 6) is 2.04. The number of piperidine rings is 1. The van der Waals surface area contributed by atoms with Crippen LogP contribution in [0.15, 0.2) is 30.5 Å². The first-order valence-corrected chi connectivity index (χ1v) is 11.9. The molecule has 2 aliphatic carbocycles. The predicted octanol–water partition coefficient (Wildman–Crippen LogP) is 4.74. The van der Waals surface area contributed by atoms with Gasteiger partial charge in [-0.25, -0.2) is 9.59 Å². The lowest BCUT2D eigenvalue weighted by atomic mass is 9.79. The largest absolute Gasteiger partial charge is 0.351 e. The molecule has 0 radical (unpaired) electrons. The molecule has 1 saturated heterocycles. The first-order chi connectivity index (χ1) is 15.4. The molecule has 7 heteroatoms. The Bertz CT molecular complexity index is 1060. The highest BCUT2D eigenvalue weighted by Gasteiger charge is 2.55. The van der Waals surface area contributed by atoms with E-state index in [1.165, 1.54) is 30.3 Å². The van der Waals surface area contributed by atoms with Crippen molar-refractivity contribution in [2.75, 3.05) is 5.32 Å². The summed E-state index contributed by atoms with van der Waals surface area (Å²) in [7, 11) is 0. The Balaban J connectivity index is 1.28. The molecule has 2 saturated carbocycles. The first kappa shape index (κ1) is 21.0. The Labute approximate surface area is 188 Å². The Morgan fingerprint density at radius 2 is 1.94 bits per heavy atom. The zero-order valence-corrected chi connectivity index (χ0v) is 18.6. The molecule has 3 aliphatic rings. The van der Waals surface area contributed by atoms with E-state index in [2.05, 4.69) is 12.2 Å². The van der Waals surface area contributed by atoms with Crippen LogP contribution in [-0.2, 0) is 4.79 Å². The van der Waals surface area contributed by atoms with Gasteiger partial charge in [0.15, 0.2) is 5.78 Å². The quantitative estimate of drug-likeness (QED) is 0.708. The molecule has 5 atom stereocenters. The summed E-state index contributed by atoms with van der Waals surface area (Å²) >= 11 is 0. The fourth-order valence-corrected chi connectivity index (χ4v) is 6.01. The van der Waals surface area contributed by atoms with Gasteiger partial charge in [0.1, 0.15) is 0 Å². The average molecular weight is 437 g/mol. The summed E-state index contributed by atoms with van der Waals surface area (Å²) < 4.78 is 1.34. The molecular weight excluding hydrogens is 404 g/mol. The van der Waals surface area contributed by atoms with Gasteiger partial charge in [-0.2, -0.15) is 0 Å². The Morgan fingerprint density at radius 1 is 1.12 bits per heavy atom. The lowest BCUT2D eigenvalue weighted by Gasteiger charge is -2.29. The second-order valence-electron chi connectivity index (χ2n) is 10.1. The van der Waals surface area contributed by atoms with Crippen LogP contribution in [0.5, 0.6) is 0 Å². The van der Waals surface area contributed by atoms with Crippen LogP contribution in [0, 0.1) is 17.8 Å². The van der Waals surface area contributed by atoms with Gasteiger partial charge in [-0.3, -0.25) is 9.36 Å². The van der Waals surface area contributed by atoms with E-state index in [1.54, 1.807) is 17.2 Å². The minimum atomic E-state index is -0.602. The molecule has 0 spiro atoms. The number of para-hydroxylation sites is 1. The van der Waals surface area contributed by atoms with Crippen LogP contribution in [0.1, 0.15) is 58.3 Å². The van der Waals surface area contributed by atoms with E-state index in [1.807, 2.05) is 18.2 Å². The van der Waals surface area contributed by atoms with Crippen molar-refractivity contribution < 1.29 is 14.4 Å². The van der Waals surface area contributed by atoms with E-state index in [0.29, 0.717) is 29.5 Å². The van der Waals surface area contributed by atoms with Gasteiger partial charge >= 0.3 is 12.1 Å². The number of aromatic nitrogens is 1. The highest BCUT2D eigenvalue weighted by molar-refractivity contribution is 6.05. The van der Waals surface area contributed by atoms with Crippen LogP contribution in [0.3, 0.4) is 0 Å². The van der Waals surface area contributed by atoms with Crippen molar-refractivity contribution in [1.29, 1.82) is 0 Å². The SMILES string of the molecule is CC1CCCC(CCC(=O)[C@@H]2C[C@H]3C[C@H]3N2C(=O)Nc2cn(C(N)=O)c3ccccc23)C1. The molecule has 170 valence electrons. The molecule has 3 fully saturated rings. The van der Waals surface area contributed by atoms with Crippen molar-refractivity contribution in [1.82, 2.24) is 9.47 Å². The fourth-order valence-electron chi connectivity index (χ4n) is 6.01. The maximum atomic E-state index is 13.3. The summed E-state index contributed by atoms with van der Waals surface area (Å²) in [6, 6.07) is 6.29. The molecule has 3 amide bonds. The number of nitrogens with zero attached hydrogens (tertiary/aromatic N) is 2. The number of hydrogen-bond donors (Lipinski definition) is 2. The van der Waals surface area contributed by atoms with E-state index in [-0.39, 0.29) is 23.9 Å². The van der Waals surface area contributed by atoms with Crippen LogP contribution < -0.4 is 11.1 Å². The number of primary amides is 1. The molecular formula is C25H32N4O3. The van der Waals surface area contributed by atoms with Gasteiger partial charge in [0, 0.05) is 24.0 Å². The predicted molar refractivity (Wildman–Crippen MR) is 123 cm³/mol. The summed E-state index contributed by atoms with van der Waals surface area (Å²) in [5, 5.41) is 3.71. The van der Waals surface area contributed by atoms with Gasteiger partial charge in [-0.15, -0.1) is 0 Å². The summed E-state index contributed by atoms with van der Waals surface area (Å²) in [4.78, 5) is 40.0. The normalized spacial score (nSPS) is 29.0. The number of fused-ring (bicyclic) bond motifs is 2. The lowest BCUT2D eigenvalue weighted by molar-refractivity contribution is -0.123. The number of ketones is 1. The smallest absolute Gasteiger partial charge is 0.323 e. The molecule has 1 aromatic carbocycles. The minimum absolute atomic E-state index is 0.156. The number of urea groups is 1. The Kier molecular flexibility index (Phi) is 5.43. The van der Waals surface area contributed by atoms with E-state index in [9.17, 15) is 14.4 Å². The van der Waals surface area contributed by atoms with Gasteiger partial charge in [-0.05, 0) is 49.5 Å². The molecule has 7 nitrogen and oxygen atoms in total. The van der Waals surface area contributed by atoms with Crippen LogP contribution >= 0.6 is 0 Å². The van der Waals surface area contributed by atoms with E-state index >= 15 is 0 Å². The number of carbonyl (C=O) groups is 3. The third kappa shape index (κ3) is 3.89. The number of nitrogens with one attached hydrogen (secondary N) is 1. The maximum absolute atomic E-state index is 13.3. The second kappa shape index (κ2) is 8.26. The van der Waals surface area contributed by atoms with E-state index in [0.717, 1.165) is 30.6 Å². The zero-order valence-electron chi connectivity index (χ0n) is 18.6. The Hall–Kier alpha value is -2.83. The maximum Gasteiger partial charge on any atom is 0.323 e. The Morgan fingerprint density at radius 3 is 2.72 bits per heavy atom. The number of carbonyl (C=O) groups excluding carboxylic acids is 3. The monoisotopic (exact) mass is 436 g/mol. The number of hydrogen-bond acceptors (Lipinski definition) is 3. The molecule has 32 heavy (non-hydrogen) atoms. The van der Waals surface area contributed by atoms with Crippen molar-refractivity contribution in [3.63, 3.8) is 0 Å². The number of amides is 3. The highest BCUT2D eigenvalue weighted by atomic mass is 16.2. The van der Waals surface area contributed by atoms with Gasteiger partial charge in [0.2, 0.25) is 0 Å². The molecule has 1 aliphatic heterocycles. The van der Waals surface area contributed by atoms with Gasteiger partial charge in [0.05, 0.1) is 17.2 Å². The van der Waals surface area contributed by atoms with Crippen molar-refractivity contribution in [2.24, 2.45) is 23.5 Å². The van der Waals surface area contributed by atoms with Crippen LogP contribution in [0.2, 0.25) is 0 Å². The molecule has 2 heterocycles. The topological polar surface area (TPSA) is 97.4 Å². The zero-order chi connectivity index (χ0) is 22.4. The molecule has 2 aromatic rings. The van der Waals surface area contributed by atoms with Crippen LogP contribution in [-0.4, -0.2) is 39.4 Å². The van der Waals surface area contributed by atoms with Crippen LogP contribution in [0.4, 0.5) is 15.3 Å². The van der Waals surface area contributed by atoms with Gasteiger partial charge in [-0.1, -0.05) is 44.4 Å². The number of anilines is 1. The third-order valence-electron chi connectivity index (χ3n) is 7.75. The molecule has 5 rings (SSSR count). The second-order valence-corrected chi connectivity index (χ2v) is 10.1. The molecule has 3 N–H and O–H groups in total.